The zero-order valence-corrected chi connectivity index (χ0v) is 18.2. The lowest BCUT2D eigenvalue weighted by atomic mass is 9.98. The highest BCUT2D eigenvalue weighted by atomic mass is 16.5. The third-order valence-corrected chi connectivity index (χ3v) is 5.84. The van der Waals surface area contributed by atoms with E-state index in [1.807, 2.05) is 84.9 Å². The SMILES string of the molecule is COc1ccccc1-c1noc(C2CN(C(=O)NC(c3ccccc3)c3ccccc3)C2)n1. The molecule has 3 aromatic carbocycles. The van der Waals surface area contributed by atoms with Crippen molar-refractivity contribution in [1.82, 2.24) is 20.4 Å². The molecule has 4 aromatic rings. The largest absolute Gasteiger partial charge is 0.496 e. The molecule has 0 radical (unpaired) electrons. The van der Waals surface area contributed by atoms with Gasteiger partial charge in [-0.2, -0.15) is 4.98 Å². The molecule has 2 heterocycles. The first-order valence-corrected chi connectivity index (χ1v) is 10.8. The molecule has 1 aliphatic rings. The maximum atomic E-state index is 13.0. The van der Waals surface area contributed by atoms with Crippen LogP contribution in [0.3, 0.4) is 0 Å². The van der Waals surface area contributed by atoms with Gasteiger partial charge in [0.25, 0.3) is 0 Å². The van der Waals surface area contributed by atoms with Gasteiger partial charge in [0.15, 0.2) is 0 Å². The second kappa shape index (κ2) is 9.16. The van der Waals surface area contributed by atoms with Gasteiger partial charge in [0, 0.05) is 13.1 Å². The van der Waals surface area contributed by atoms with E-state index >= 15 is 0 Å². The molecule has 2 amide bonds. The molecule has 0 aliphatic carbocycles. The molecule has 0 bridgehead atoms. The molecule has 1 saturated heterocycles. The molecule has 1 N–H and O–H groups in total. The zero-order valence-electron chi connectivity index (χ0n) is 18.2. The van der Waals surface area contributed by atoms with E-state index in [0.717, 1.165) is 16.7 Å². The number of carbonyl (C=O) groups is 1. The summed E-state index contributed by atoms with van der Waals surface area (Å²) in [6, 6.07) is 27.1. The summed E-state index contributed by atoms with van der Waals surface area (Å²) >= 11 is 0. The molecular formula is C26H24N4O3. The van der Waals surface area contributed by atoms with Gasteiger partial charge in [-0.05, 0) is 23.3 Å². The van der Waals surface area contributed by atoms with Crippen molar-refractivity contribution in [3.63, 3.8) is 0 Å². The Bertz CT molecular complexity index is 1180. The summed E-state index contributed by atoms with van der Waals surface area (Å²) in [5.74, 6) is 1.71. The summed E-state index contributed by atoms with van der Waals surface area (Å²) in [4.78, 5) is 19.3. The molecular weight excluding hydrogens is 416 g/mol. The number of hydrogen-bond acceptors (Lipinski definition) is 5. The van der Waals surface area contributed by atoms with Crippen molar-refractivity contribution in [3.05, 3.63) is 102 Å². The first-order valence-electron chi connectivity index (χ1n) is 10.8. The molecule has 0 spiro atoms. The number of benzene rings is 3. The third-order valence-electron chi connectivity index (χ3n) is 5.84. The highest BCUT2D eigenvalue weighted by molar-refractivity contribution is 5.76. The maximum Gasteiger partial charge on any atom is 0.318 e. The van der Waals surface area contributed by atoms with Gasteiger partial charge in [-0.1, -0.05) is 78.0 Å². The van der Waals surface area contributed by atoms with Crippen molar-refractivity contribution in [2.24, 2.45) is 0 Å². The van der Waals surface area contributed by atoms with E-state index in [1.165, 1.54) is 0 Å². The minimum Gasteiger partial charge on any atom is -0.496 e. The van der Waals surface area contributed by atoms with Crippen LogP contribution in [0.15, 0.2) is 89.5 Å². The summed E-state index contributed by atoms with van der Waals surface area (Å²) in [7, 11) is 1.61. The van der Waals surface area contributed by atoms with E-state index in [9.17, 15) is 4.79 Å². The molecule has 7 nitrogen and oxygen atoms in total. The van der Waals surface area contributed by atoms with E-state index in [1.54, 1.807) is 12.0 Å². The van der Waals surface area contributed by atoms with Crippen LogP contribution in [-0.4, -0.2) is 41.3 Å². The Morgan fingerprint density at radius 3 is 2.21 bits per heavy atom. The average molecular weight is 441 g/mol. The highest BCUT2D eigenvalue weighted by Gasteiger charge is 2.36. The molecule has 1 fully saturated rings. The van der Waals surface area contributed by atoms with Crippen molar-refractivity contribution in [1.29, 1.82) is 0 Å². The Kier molecular flexibility index (Phi) is 5.76. The van der Waals surface area contributed by atoms with Crippen LogP contribution in [0, 0.1) is 0 Å². The van der Waals surface area contributed by atoms with Crippen molar-refractivity contribution in [2.45, 2.75) is 12.0 Å². The van der Waals surface area contributed by atoms with Gasteiger partial charge < -0.3 is 19.5 Å². The summed E-state index contributed by atoms with van der Waals surface area (Å²) in [6.07, 6.45) is 0. The molecule has 0 unspecified atom stereocenters. The van der Waals surface area contributed by atoms with Crippen molar-refractivity contribution in [2.75, 3.05) is 20.2 Å². The average Bonchev–Trinajstić information content (AvgIpc) is 3.32. The number of ether oxygens (including phenoxy) is 1. The van der Waals surface area contributed by atoms with E-state index in [2.05, 4.69) is 15.5 Å². The van der Waals surface area contributed by atoms with Gasteiger partial charge in [0.05, 0.1) is 24.6 Å². The van der Waals surface area contributed by atoms with Crippen LogP contribution in [0.2, 0.25) is 0 Å². The Labute approximate surface area is 192 Å². The number of hydrogen-bond donors (Lipinski definition) is 1. The monoisotopic (exact) mass is 440 g/mol. The second-order valence-electron chi connectivity index (χ2n) is 7.96. The third kappa shape index (κ3) is 4.30. The topological polar surface area (TPSA) is 80.5 Å². The summed E-state index contributed by atoms with van der Waals surface area (Å²) in [5, 5.41) is 7.28. The fourth-order valence-electron chi connectivity index (χ4n) is 4.01. The van der Waals surface area contributed by atoms with Gasteiger partial charge in [-0.15, -0.1) is 0 Å². The van der Waals surface area contributed by atoms with E-state index in [0.29, 0.717) is 30.6 Å². The number of rotatable bonds is 6. The lowest BCUT2D eigenvalue weighted by molar-refractivity contribution is 0.135. The Morgan fingerprint density at radius 2 is 1.58 bits per heavy atom. The number of nitrogens with one attached hydrogen (secondary N) is 1. The Hall–Kier alpha value is -4.13. The molecule has 5 rings (SSSR count). The molecule has 0 saturated carbocycles. The van der Waals surface area contributed by atoms with E-state index in [-0.39, 0.29) is 18.0 Å². The first kappa shape index (κ1) is 20.8. The van der Waals surface area contributed by atoms with Crippen molar-refractivity contribution in [3.8, 4) is 17.1 Å². The smallest absolute Gasteiger partial charge is 0.318 e. The fraction of sp³-hybridized carbons (Fsp3) is 0.192. The molecule has 33 heavy (non-hydrogen) atoms. The van der Waals surface area contributed by atoms with Crippen molar-refractivity contribution < 1.29 is 14.1 Å². The number of methoxy groups -OCH3 is 1. The van der Waals surface area contributed by atoms with Gasteiger partial charge >= 0.3 is 6.03 Å². The first-order chi connectivity index (χ1) is 16.2. The number of aromatic nitrogens is 2. The van der Waals surface area contributed by atoms with Crippen LogP contribution >= 0.6 is 0 Å². The van der Waals surface area contributed by atoms with Crippen molar-refractivity contribution >= 4 is 6.03 Å². The predicted molar refractivity (Wildman–Crippen MR) is 124 cm³/mol. The molecule has 166 valence electrons. The minimum absolute atomic E-state index is 0.0126. The van der Waals surface area contributed by atoms with E-state index < -0.39 is 0 Å². The normalized spacial score (nSPS) is 13.6. The second-order valence-corrected chi connectivity index (χ2v) is 7.96. The quantitative estimate of drug-likeness (QED) is 0.472. The maximum absolute atomic E-state index is 13.0. The van der Waals surface area contributed by atoms with Gasteiger partial charge in [0.2, 0.25) is 11.7 Å². The number of carbonyl (C=O) groups excluding carboxylic acids is 1. The summed E-state index contributed by atoms with van der Waals surface area (Å²) < 4.78 is 10.9. The van der Waals surface area contributed by atoms with Gasteiger partial charge in [0.1, 0.15) is 5.75 Å². The number of amides is 2. The minimum atomic E-state index is -0.223. The lowest BCUT2D eigenvalue weighted by Crippen LogP contribution is -2.53. The standard InChI is InChI=1S/C26H24N4O3/c1-32-22-15-9-8-14-21(22)24-28-25(33-29-24)20-16-30(17-20)26(31)27-23(18-10-4-2-5-11-18)19-12-6-3-7-13-19/h2-15,20,23H,16-17H2,1H3,(H,27,31). The van der Waals surface area contributed by atoms with Crippen LogP contribution in [0.1, 0.15) is 29.0 Å². The molecule has 1 aromatic heterocycles. The van der Waals surface area contributed by atoms with Crippen LogP contribution in [0.4, 0.5) is 4.79 Å². The fourth-order valence-corrected chi connectivity index (χ4v) is 4.01. The predicted octanol–water partition coefficient (Wildman–Crippen LogP) is 4.64. The summed E-state index contributed by atoms with van der Waals surface area (Å²) in [5.41, 5.74) is 2.84. The molecule has 0 atom stereocenters. The number of urea groups is 1. The van der Waals surface area contributed by atoms with E-state index in [4.69, 9.17) is 9.26 Å². The summed E-state index contributed by atoms with van der Waals surface area (Å²) in [6.45, 7) is 1.05. The van der Waals surface area contributed by atoms with Crippen LogP contribution < -0.4 is 10.1 Å². The van der Waals surface area contributed by atoms with Gasteiger partial charge in [-0.25, -0.2) is 4.79 Å². The lowest BCUT2D eigenvalue weighted by Gasteiger charge is -2.38. The number of nitrogens with zero attached hydrogens (tertiary/aromatic N) is 3. The molecule has 1 aliphatic heterocycles. The Balaban J connectivity index is 1.26. The van der Waals surface area contributed by atoms with Crippen LogP contribution in [0.25, 0.3) is 11.4 Å². The Morgan fingerprint density at radius 1 is 0.970 bits per heavy atom. The van der Waals surface area contributed by atoms with Crippen LogP contribution in [0.5, 0.6) is 5.75 Å². The zero-order chi connectivity index (χ0) is 22.6. The number of para-hydroxylation sites is 1. The van der Waals surface area contributed by atoms with Crippen LogP contribution in [-0.2, 0) is 0 Å². The number of likely N-dealkylation sites (tertiary alicyclic amines) is 1. The van der Waals surface area contributed by atoms with Gasteiger partial charge in [-0.3, -0.25) is 0 Å². The molecule has 7 heteroatoms. The highest BCUT2D eigenvalue weighted by Crippen LogP contribution is 2.31.